The maximum Gasteiger partial charge on any atom is 0.108 e. The smallest absolute Gasteiger partial charge is 0.108 e. The van der Waals surface area contributed by atoms with Gasteiger partial charge in [0.2, 0.25) is 0 Å². The van der Waals surface area contributed by atoms with E-state index in [0.29, 0.717) is 0 Å². The number of methoxy groups -OCH3 is 1. The minimum Gasteiger partial charge on any atom is -0.385 e. The molecule has 0 saturated heterocycles. The lowest BCUT2D eigenvalue weighted by Crippen LogP contribution is -2.38. The summed E-state index contributed by atoms with van der Waals surface area (Å²) >= 11 is 0. The fraction of sp³-hybridized carbons (Fsp3) is 0.647. The third-order valence-corrected chi connectivity index (χ3v) is 4.41. The third kappa shape index (κ3) is 3.18. The highest BCUT2D eigenvalue weighted by molar-refractivity contribution is 5.31. The molecule has 0 spiro atoms. The van der Waals surface area contributed by atoms with Gasteiger partial charge in [-0.1, -0.05) is 55.0 Å². The van der Waals surface area contributed by atoms with Crippen LogP contribution >= 0.6 is 0 Å². The first-order valence-electron chi connectivity index (χ1n) is 7.39. The van der Waals surface area contributed by atoms with Crippen LogP contribution in [0.15, 0.2) is 18.2 Å². The summed E-state index contributed by atoms with van der Waals surface area (Å²) in [4.78, 5) is 0. The Bertz CT molecular complexity index is 397. The highest BCUT2D eigenvalue weighted by Gasteiger charge is 2.39. The Morgan fingerprint density at radius 2 is 1.53 bits per heavy atom. The second-order valence-electron chi connectivity index (χ2n) is 6.01. The molecule has 1 aromatic carbocycles. The Kier molecular flexibility index (Phi) is 4.64. The van der Waals surface area contributed by atoms with Gasteiger partial charge in [-0.25, -0.2) is 0 Å². The molecule has 0 radical (unpaired) electrons. The summed E-state index contributed by atoms with van der Waals surface area (Å²) in [5.74, 6) is 0. The molecule has 2 rings (SSSR count). The number of aryl methyl sites for hydroxylation is 2. The monoisotopic (exact) mass is 262 g/mol. The molecule has 0 aromatic heterocycles. The van der Waals surface area contributed by atoms with E-state index in [0.717, 1.165) is 31.2 Å². The third-order valence-electron chi connectivity index (χ3n) is 4.41. The van der Waals surface area contributed by atoms with Crippen molar-refractivity contribution in [3.8, 4) is 0 Å². The molecule has 1 aromatic rings. The molecular formula is C17H26O2. The largest absolute Gasteiger partial charge is 0.385 e. The van der Waals surface area contributed by atoms with Crippen LogP contribution in [-0.4, -0.2) is 17.8 Å². The van der Waals surface area contributed by atoms with Gasteiger partial charge < -0.3 is 9.84 Å². The van der Waals surface area contributed by atoms with Gasteiger partial charge >= 0.3 is 0 Å². The van der Waals surface area contributed by atoms with E-state index in [4.69, 9.17) is 4.74 Å². The summed E-state index contributed by atoms with van der Waals surface area (Å²) in [6, 6.07) is 6.31. The van der Waals surface area contributed by atoms with Crippen LogP contribution in [0.3, 0.4) is 0 Å². The van der Waals surface area contributed by atoms with Crippen molar-refractivity contribution in [3.63, 3.8) is 0 Å². The van der Waals surface area contributed by atoms with Crippen LogP contribution in [0, 0.1) is 13.8 Å². The van der Waals surface area contributed by atoms with Gasteiger partial charge in [-0.3, -0.25) is 0 Å². The molecule has 0 bridgehead atoms. The summed E-state index contributed by atoms with van der Waals surface area (Å²) < 4.78 is 5.80. The highest BCUT2D eigenvalue weighted by Crippen LogP contribution is 2.40. The second kappa shape index (κ2) is 6.06. The van der Waals surface area contributed by atoms with E-state index in [2.05, 4.69) is 32.0 Å². The van der Waals surface area contributed by atoms with Gasteiger partial charge in [0, 0.05) is 7.11 Å². The van der Waals surface area contributed by atoms with E-state index in [1.807, 2.05) is 0 Å². The number of aliphatic hydroxyl groups is 1. The average Bonchev–Trinajstić information content (AvgIpc) is 2.63. The molecule has 1 saturated carbocycles. The SMILES string of the molecule is COC1(C(O)c2cc(C)cc(C)c2)CCCCCC1. The Balaban J connectivity index is 2.30. The fourth-order valence-electron chi connectivity index (χ4n) is 3.39. The number of aliphatic hydroxyl groups excluding tert-OH is 1. The van der Waals surface area contributed by atoms with Gasteiger partial charge in [0.1, 0.15) is 6.10 Å². The lowest BCUT2D eigenvalue weighted by molar-refractivity contribution is -0.114. The first kappa shape index (κ1) is 14.5. The van der Waals surface area contributed by atoms with Crippen molar-refractivity contribution in [2.24, 2.45) is 0 Å². The molecule has 0 heterocycles. The average molecular weight is 262 g/mol. The Hall–Kier alpha value is -0.860. The molecule has 0 amide bonds. The number of ether oxygens (including phenoxy) is 1. The van der Waals surface area contributed by atoms with Crippen molar-refractivity contribution < 1.29 is 9.84 Å². The van der Waals surface area contributed by atoms with Crippen molar-refractivity contribution in [1.29, 1.82) is 0 Å². The summed E-state index contributed by atoms with van der Waals surface area (Å²) in [5, 5.41) is 10.8. The van der Waals surface area contributed by atoms with E-state index in [-0.39, 0.29) is 0 Å². The number of hydrogen-bond donors (Lipinski definition) is 1. The standard InChI is InChI=1S/C17H26O2/c1-13-10-14(2)12-15(11-13)16(18)17(19-3)8-6-4-5-7-9-17/h10-12,16,18H,4-9H2,1-3H3. The number of benzene rings is 1. The molecule has 1 unspecified atom stereocenters. The van der Waals surface area contributed by atoms with Crippen LogP contribution in [0.5, 0.6) is 0 Å². The molecule has 2 nitrogen and oxygen atoms in total. The van der Waals surface area contributed by atoms with E-state index < -0.39 is 11.7 Å². The predicted molar refractivity (Wildman–Crippen MR) is 78.3 cm³/mol. The Morgan fingerprint density at radius 1 is 1.00 bits per heavy atom. The van der Waals surface area contributed by atoms with Crippen LogP contribution in [0.25, 0.3) is 0 Å². The van der Waals surface area contributed by atoms with Crippen molar-refractivity contribution in [3.05, 3.63) is 34.9 Å². The number of hydrogen-bond acceptors (Lipinski definition) is 2. The quantitative estimate of drug-likeness (QED) is 0.832. The van der Waals surface area contributed by atoms with Crippen molar-refractivity contribution in [1.82, 2.24) is 0 Å². The van der Waals surface area contributed by atoms with Gasteiger partial charge in [-0.15, -0.1) is 0 Å². The van der Waals surface area contributed by atoms with Crippen LogP contribution in [0.1, 0.15) is 61.3 Å². The molecule has 2 heteroatoms. The van der Waals surface area contributed by atoms with E-state index in [9.17, 15) is 5.11 Å². The lowest BCUT2D eigenvalue weighted by atomic mass is 9.83. The second-order valence-corrected chi connectivity index (χ2v) is 6.01. The maximum absolute atomic E-state index is 10.8. The van der Waals surface area contributed by atoms with Crippen LogP contribution < -0.4 is 0 Å². The first-order valence-corrected chi connectivity index (χ1v) is 7.39. The predicted octanol–water partition coefficient (Wildman–Crippen LogP) is 4.08. The summed E-state index contributed by atoms with van der Waals surface area (Å²) in [7, 11) is 1.75. The zero-order chi connectivity index (χ0) is 13.9. The Labute approximate surface area is 116 Å². The first-order chi connectivity index (χ1) is 9.07. The zero-order valence-electron chi connectivity index (χ0n) is 12.4. The lowest BCUT2D eigenvalue weighted by Gasteiger charge is -2.36. The van der Waals surface area contributed by atoms with Gasteiger partial charge in [0.05, 0.1) is 5.60 Å². The van der Waals surface area contributed by atoms with Crippen molar-refractivity contribution in [2.45, 2.75) is 64.1 Å². The molecule has 106 valence electrons. The van der Waals surface area contributed by atoms with Gasteiger partial charge in [-0.05, 0) is 32.3 Å². The van der Waals surface area contributed by atoms with Crippen LogP contribution in [-0.2, 0) is 4.74 Å². The minimum absolute atomic E-state index is 0.392. The maximum atomic E-state index is 10.8. The highest BCUT2D eigenvalue weighted by atomic mass is 16.5. The topological polar surface area (TPSA) is 29.5 Å². The van der Waals surface area contributed by atoms with Crippen molar-refractivity contribution in [2.75, 3.05) is 7.11 Å². The zero-order valence-corrected chi connectivity index (χ0v) is 12.4. The molecule has 1 atom stereocenters. The molecular weight excluding hydrogens is 236 g/mol. The molecule has 1 N–H and O–H groups in total. The van der Waals surface area contributed by atoms with Gasteiger partial charge in [0.25, 0.3) is 0 Å². The van der Waals surface area contributed by atoms with Crippen LogP contribution in [0.4, 0.5) is 0 Å². The Morgan fingerprint density at radius 3 is 2.00 bits per heavy atom. The normalized spacial score (nSPS) is 20.8. The van der Waals surface area contributed by atoms with Crippen molar-refractivity contribution >= 4 is 0 Å². The number of rotatable bonds is 3. The molecule has 1 aliphatic carbocycles. The van der Waals surface area contributed by atoms with E-state index in [1.165, 1.54) is 24.0 Å². The van der Waals surface area contributed by atoms with Gasteiger partial charge in [0.15, 0.2) is 0 Å². The van der Waals surface area contributed by atoms with E-state index in [1.54, 1.807) is 7.11 Å². The van der Waals surface area contributed by atoms with E-state index >= 15 is 0 Å². The molecule has 1 aliphatic rings. The fourth-order valence-corrected chi connectivity index (χ4v) is 3.39. The minimum atomic E-state index is -0.519. The summed E-state index contributed by atoms with van der Waals surface area (Å²) in [6.07, 6.45) is 6.20. The summed E-state index contributed by atoms with van der Waals surface area (Å²) in [6.45, 7) is 4.16. The molecule has 1 fully saturated rings. The molecule has 19 heavy (non-hydrogen) atoms. The van der Waals surface area contributed by atoms with Gasteiger partial charge in [-0.2, -0.15) is 0 Å². The summed E-state index contributed by atoms with van der Waals surface area (Å²) in [5.41, 5.74) is 3.01. The van der Waals surface area contributed by atoms with Crippen LogP contribution in [0.2, 0.25) is 0 Å². The molecule has 0 aliphatic heterocycles.